The van der Waals surface area contributed by atoms with E-state index in [1.165, 1.54) is 7.11 Å². The van der Waals surface area contributed by atoms with Crippen LogP contribution in [0.4, 0.5) is 5.69 Å². The van der Waals surface area contributed by atoms with Gasteiger partial charge in [0.15, 0.2) is 0 Å². The molecule has 0 fully saturated rings. The molecular weight excluding hydrogens is 266 g/mol. The number of esters is 1. The maximum absolute atomic E-state index is 11.6. The van der Waals surface area contributed by atoms with Crippen LogP contribution in [0.1, 0.15) is 11.1 Å². The minimum atomic E-state index is -0.327. The Labute approximate surface area is 123 Å². The number of anilines is 1. The fourth-order valence-electron chi connectivity index (χ4n) is 2.51. The molecule has 4 heteroatoms. The van der Waals surface area contributed by atoms with Crippen LogP contribution in [-0.4, -0.2) is 19.1 Å². The van der Waals surface area contributed by atoms with E-state index < -0.39 is 0 Å². The largest absolute Gasteiger partial charge is 0.489 e. The summed E-state index contributed by atoms with van der Waals surface area (Å²) in [6, 6.07) is 15.5. The molecule has 2 aromatic rings. The van der Waals surface area contributed by atoms with Crippen molar-refractivity contribution in [1.82, 2.24) is 0 Å². The summed E-state index contributed by atoms with van der Waals surface area (Å²) in [4.78, 5) is 11.6. The van der Waals surface area contributed by atoms with Gasteiger partial charge in [-0.25, -0.2) is 4.79 Å². The van der Waals surface area contributed by atoms with E-state index in [1.54, 1.807) is 0 Å². The average molecular weight is 283 g/mol. The molecule has 1 unspecified atom stereocenters. The van der Waals surface area contributed by atoms with Crippen LogP contribution < -0.4 is 10.1 Å². The molecule has 0 aliphatic carbocycles. The number of carbonyl (C=O) groups is 1. The van der Waals surface area contributed by atoms with Gasteiger partial charge in [0.25, 0.3) is 0 Å². The highest BCUT2D eigenvalue weighted by Crippen LogP contribution is 2.34. The van der Waals surface area contributed by atoms with E-state index in [4.69, 9.17) is 9.47 Å². The Bertz CT molecular complexity index is 640. The van der Waals surface area contributed by atoms with Gasteiger partial charge in [-0.3, -0.25) is 0 Å². The van der Waals surface area contributed by atoms with Gasteiger partial charge in [0.2, 0.25) is 0 Å². The van der Waals surface area contributed by atoms with E-state index in [0.717, 1.165) is 22.6 Å². The molecule has 0 radical (unpaired) electrons. The quantitative estimate of drug-likeness (QED) is 0.877. The van der Waals surface area contributed by atoms with Crippen molar-refractivity contribution in [1.29, 1.82) is 0 Å². The second kappa shape index (κ2) is 5.87. The lowest BCUT2D eigenvalue weighted by atomic mass is 10.1. The molecular formula is C17H17NO3. The zero-order chi connectivity index (χ0) is 14.7. The van der Waals surface area contributed by atoms with E-state index in [1.807, 2.05) is 48.5 Å². The Morgan fingerprint density at radius 3 is 2.76 bits per heavy atom. The predicted molar refractivity (Wildman–Crippen MR) is 80.3 cm³/mol. The molecule has 4 nitrogen and oxygen atoms in total. The van der Waals surface area contributed by atoms with Crippen molar-refractivity contribution in [3.05, 3.63) is 59.7 Å². The number of carbonyl (C=O) groups excluding carboxylic acids is 1. The number of nitrogens with one attached hydrogen (secondary N) is 1. The Morgan fingerprint density at radius 1 is 1.19 bits per heavy atom. The first kappa shape index (κ1) is 13.5. The standard InChI is InChI=1S/C17H17NO3/c1-20-17(19)15-10-13-14(18-15)8-5-9-16(13)21-11-12-6-3-2-4-7-12/h2-9,15,18H,10-11H2,1H3. The van der Waals surface area contributed by atoms with Crippen molar-refractivity contribution in [3.8, 4) is 5.75 Å². The highest BCUT2D eigenvalue weighted by atomic mass is 16.5. The lowest BCUT2D eigenvalue weighted by molar-refractivity contribution is -0.141. The number of hydrogen-bond acceptors (Lipinski definition) is 4. The smallest absolute Gasteiger partial charge is 0.328 e. The first-order chi connectivity index (χ1) is 10.3. The molecule has 21 heavy (non-hydrogen) atoms. The van der Waals surface area contributed by atoms with Crippen molar-refractivity contribution < 1.29 is 14.3 Å². The highest BCUT2D eigenvalue weighted by molar-refractivity contribution is 5.83. The van der Waals surface area contributed by atoms with Gasteiger partial charge in [-0.2, -0.15) is 0 Å². The van der Waals surface area contributed by atoms with Crippen LogP contribution >= 0.6 is 0 Å². The normalized spacial score (nSPS) is 16.0. The molecule has 1 atom stereocenters. The number of hydrogen-bond donors (Lipinski definition) is 1. The van der Waals surface area contributed by atoms with Gasteiger partial charge in [0.05, 0.1) is 7.11 Å². The summed E-state index contributed by atoms with van der Waals surface area (Å²) in [6.45, 7) is 0.514. The summed E-state index contributed by atoms with van der Waals surface area (Å²) in [5.74, 6) is 0.565. The third-order valence-corrected chi connectivity index (χ3v) is 3.59. The predicted octanol–water partition coefficient (Wildman–Crippen LogP) is 2.78. The third kappa shape index (κ3) is 2.84. The average Bonchev–Trinajstić information content (AvgIpc) is 2.97. The van der Waals surface area contributed by atoms with E-state index >= 15 is 0 Å². The van der Waals surface area contributed by atoms with Crippen LogP contribution in [0.3, 0.4) is 0 Å². The van der Waals surface area contributed by atoms with Gasteiger partial charge in [-0.1, -0.05) is 36.4 Å². The molecule has 1 N–H and O–H groups in total. The summed E-state index contributed by atoms with van der Waals surface area (Å²) in [6.07, 6.45) is 0.590. The van der Waals surface area contributed by atoms with Crippen LogP contribution in [0.15, 0.2) is 48.5 Å². The van der Waals surface area contributed by atoms with E-state index in [9.17, 15) is 4.79 Å². The van der Waals surface area contributed by atoms with E-state index in [2.05, 4.69) is 5.32 Å². The second-order valence-corrected chi connectivity index (χ2v) is 4.98. The van der Waals surface area contributed by atoms with Crippen molar-refractivity contribution in [3.63, 3.8) is 0 Å². The molecule has 0 amide bonds. The lowest BCUT2D eigenvalue weighted by Gasteiger charge is -2.10. The molecule has 0 bridgehead atoms. The molecule has 0 saturated heterocycles. The van der Waals surface area contributed by atoms with Crippen molar-refractivity contribution in [2.24, 2.45) is 0 Å². The number of fused-ring (bicyclic) bond motifs is 1. The van der Waals surface area contributed by atoms with Gasteiger partial charge >= 0.3 is 5.97 Å². The Balaban J connectivity index is 1.74. The maximum Gasteiger partial charge on any atom is 0.328 e. The third-order valence-electron chi connectivity index (χ3n) is 3.59. The van der Waals surface area contributed by atoms with Crippen LogP contribution in [0.2, 0.25) is 0 Å². The molecule has 1 aliphatic heterocycles. The fourth-order valence-corrected chi connectivity index (χ4v) is 2.51. The van der Waals surface area contributed by atoms with Gasteiger partial charge in [-0.15, -0.1) is 0 Å². The van der Waals surface area contributed by atoms with Gasteiger partial charge in [0, 0.05) is 17.7 Å². The fraction of sp³-hybridized carbons (Fsp3) is 0.235. The maximum atomic E-state index is 11.6. The molecule has 1 heterocycles. The summed E-state index contributed by atoms with van der Waals surface area (Å²) in [7, 11) is 1.40. The molecule has 108 valence electrons. The highest BCUT2D eigenvalue weighted by Gasteiger charge is 2.29. The van der Waals surface area contributed by atoms with Crippen LogP contribution in [0.5, 0.6) is 5.75 Å². The minimum Gasteiger partial charge on any atom is -0.489 e. The Kier molecular flexibility index (Phi) is 3.77. The van der Waals surface area contributed by atoms with Crippen molar-refractivity contribution in [2.75, 3.05) is 12.4 Å². The van der Waals surface area contributed by atoms with Crippen molar-refractivity contribution >= 4 is 11.7 Å². The Hall–Kier alpha value is -2.49. The summed E-state index contributed by atoms with van der Waals surface area (Å²) in [5, 5.41) is 3.17. The molecule has 0 spiro atoms. The lowest BCUT2D eigenvalue weighted by Crippen LogP contribution is -2.27. The topological polar surface area (TPSA) is 47.6 Å². The summed E-state index contributed by atoms with van der Waals surface area (Å²) >= 11 is 0. The summed E-state index contributed by atoms with van der Waals surface area (Å²) in [5.41, 5.74) is 3.09. The number of ether oxygens (including phenoxy) is 2. The number of rotatable bonds is 4. The van der Waals surface area contributed by atoms with Crippen LogP contribution in [0, 0.1) is 0 Å². The zero-order valence-electron chi connectivity index (χ0n) is 11.8. The first-order valence-electron chi connectivity index (χ1n) is 6.91. The van der Waals surface area contributed by atoms with Crippen molar-refractivity contribution in [2.45, 2.75) is 19.1 Å². The zero-order valence-corrected chi connectivity index (χ0v) is 11.8. The van der Waals surface area contributed by atoms with E-state index in [-0.39, 0.29) is 12.0 Å². The van der Waals surface area contributed by atoms with E-state index in [0.29, 0.717) is 13.0 Å². The molecule has 3 rings (SSSR count). The molecule has 0 saturated carbocycles. The first-order valence-corrected chi connectivity index (χ1v) is 6.91. The van der Waals surface area contributed by atoms with Gasteiger partial charge in [0.1, 0.15) is 18.4 Å². The summed E-state index contributed by atoms with van der Waals surface area (Å²) < 4.78 is 10.7. The SMILES string of the molecule is COC(=O)C1Cc2c(cccc2OCc2ccccc2)N1. The number of methoxy groups -OCH3 is 1. The monoisotopic (exact) mass is 283 g/mol. The number of benzene rings is 2. The molecule has 2 aromatic carbocycles. The molecule has 1 aliphatic rings. The van der Waals surface area contributed by atoms with Gasteiger partial charge < -0.3 is 14.8 Å². The minimum absolute atomic E-state index is 0.250. The van der Waals surface area contributed by atoms with Crippen LogP contribution in [-0.2, 0) is 22.6 Å². The second-order valence-electron chi connectivity index (χ2n) is 4.98. The van der Waals surface area contributed by atoms with Crippen LogP contribution in [0.25, 0.3) is 0 Å². The Morgan fingerprint density at radius 2 is 2.00 bits per heavy atom. The molecule has 0 aromatic heterocycles. The van der Waals surface area contributed by atoms with Gasteiger partial charge in [-0.05, 0) is 17.7 Å².